The smallest absolute Gasteiger partial charge is 0.407 e. The van der Waals surface area contributed by atoms with Crippen molar-refractivity contribution in [2.75, 3.05) is 20.8 Å². The molecule has 3 aromatic rings. The van der Waals surface area contributed by atoms with Gasteiger partial charge in [-0.15, -0.1) is 0 Å². The molecule has 282 valence electrons. The van der Waals surface area contributed by atoms with Crippen LogP contribution in [0.4, 0.5) is 9.59 Å². The summed E-state index contributed by atoms with van der Waals surface area (Å²) in [6.07, 6.45) is -1.02. The molecule has 0 saturated carbocycles. The van der Waals surface area contributed by atoms with Crippen molar-refractivity contribution in [3.05, 3.63) is 94.3 Å². The summed E-state index contributed by atoms with van der Waals surface area (Å²) in [6.45, 7) is 10.7. The first kappa shape index (κ1) is 41.2. The summed E-state index contributed by atoms with van der Waals surface area (Å²) in [5.74, 6) is -1.08. The summed E-state index contributed by atoms with van der Waals surface area (Å²) in [7, 11) is 2.41. The molecule has 2 aromatic carbocycles. The standard InChI is InChI=1S/C38H52N6O8/c1-37(2,3)31(41-35(49)51-7)33(47)40-29(20-24-12-10-9-11-13-24)30(46)23-44(43-34(48)32(38(4,5)6)42-36(50)52-8)22-25-14-16-26(17-15-25)28-21-27(45)18-19-39-28/h9-19,21,29-32,46H,20,22-23H2,1-8H3,(H,39,45)(H,40,47)(H,41,49)(H,42,50)(H,43,48)/t29-,30-,31+,32+/m0/s1. The van der Waals surface area contributed by atoms with E-state index in [4.69, 9.17) is 9.47 Å². The number of hydrazine groups is 1. The Labute approximate surface area is 304 Å². The summed E-state index contributed by atoms with van der Waals surface area (Å²) >= 11 is 0. The van der Waals surface area contributed by atoms with E-state index in [1.807, 2.05) is 54.6 Å². The Morgan fingerprint density at radius 2 is 1.33 bits per heavy atom. The van der Waals surface area contributed by atoms with Crippen LogP contribution in [-0.2, 0) is 32.0 Å². The second-order valence-electron chi connectivity index (χ2n) is 14.7. The van der Waals surface area contributed by atoms with Crippen molar-refractivity contribution in [2.24, 2.45) is 10.8 Å². The van der Waals surface area contributed by atoms with Crippen LogP contribution < -0.4 is 26.8 Å². The number of ether oxygens (including phenoxy) is 2. The maximum Gasteiger partial charge on any atom is 0.407 e. The number of nitrogens with zero attached hydrogens (tertiary/aromatic N) is 1. The molecule has 52 heavy (non-hydrogen) atoms. The summed E-state index contributed by atoms with van der Waals surface area (Å²) in [5.41, 5.74) is 4.28. The topological polar surface area (TPSA) is 191 Å². The molecule has 0 aliphatic heterocycles. The fourth-order valence-electron chi connectivity index (χ4n) is 5.47. The molecule has 14 heteroatoms. The highest BCUT2D eigenvalue weighted by Crippen LogP contribution is 2.22. The number of H-pyrrole nitrogens is 1. The fourth-order valence-corrected chi connectivity index (χ4v) is 5.47. The van der Waals surface area contributed by atoms with Crippen LogP contribution in [0.25, 0.3) is 11.3 Å². The molecule has 1 aromatic heterocycles. The van der Waals surface area contributed by atoms with Crippen molar-refractivity contribution in [3.8, 4) is 11.3 Å². The molecule has 0 aliphatic rings. The highest BCUT2D eigenvalue weighted by molar-refractivity contribution is 5.87. The lowest BCUT2D eigenvalue weighted by molar-refractivity contribution is -0.132. The quantitative estimate of drug-likeness (QED) is 0.135. The number of hydrogen-bond acceptors (Lipinski definition) is 9. The molecule has 14 nitrogen and oxygen atoms in total. The van der Waals surface area contributed by atoms with Crippen LogP contribution in [-0.4, -0.2) is 84.1 Å². The van der Waals surface area contributed by atoms with Crippen molar-refractivity contribution < 1.29 is 33.8 Å². The zero-order chi connectivity index (χ0) is 38.6. The van der Waals surface area contributed by atoms with Crippen LogP contribution in [0.5, 0.6) is 0 Å². The lowest BCUT2D eigenvalue weighted by atomic mass is 9.85. The number of carbonyl (C=O) groups is 4. The number of methoxy groups -OCH3 is 2. The molecule has 0 spiro atoms. The first-order valence-corrected chi connectivity index (χ1v) is 17.0. The van der Waals surface area contributed by atoms with E-state index in [1.54, 1.807) is 47.7 Å². The number of aliphatic hydroxyl groups is 1. The van der Waals surface area contributed by atoms with Crippen LogP contribution in [0.2, 0.25) is 0 Å². The molecule has 0 bridgehead atoms. The zero-order valence-corrected chi connectivity index (χ0v) is 31.1. The first-order valence-electron chi connectivity index (χ1n) is 17.0. The number of carbonyl (C=O) groups excluding carboxylic acids is 4. The van der Waals surface area contributed by atoms with E-state index in [0.29, 0.717) is 5.69 Å². The highest BCUT2D eigenvalue weighted by Gasteiger charge is 2.37. The molecular weight excluding hydrogens is 668 g/mol. The second kappa shape index (κ2) is 18.3. The first-order chi connectivity index (χ1) is 24.4. The molecule has 3 rings (SSSR count). The Hall–Kier alpha value is -5.21. The Morgan fingerprint density at radius 1 is 0.769 bits per heavy atom. The molecule has 0 aliphatic carbocycles. The van der Waals surface area contributed by atoms with Crippen LogP contribution in [0.1, 0.15) is 52.7 Å². The minimum atomic E-state index is -1.25. The van der Waals surface area contributed by atoms with Gasteiger partial charge in [0.25, 0.3) is 5.91 Å². The SMILES string of the molecule is COC(=O)N[C@H](C(=O)N[C@@H](Cc1ccccc1)[C@@H](O)CN(Cc1ccc(-c2cc(=O)cc[nH]2)cc1)NC(=O)[C@@H](NC(=O)OC)C(C)(C)C)C(C)(C)C. The lowest BCUT2D eigenvalue weighted by Crippen LogP contribution is -2.60. The van der Waals surface area contributed by atoms with Gasteiger partial charge in [0, 0.05) is 37.1 Å². The number of aromatic amines is 1. The van der Waals surface area contributed by atoms with Crippen LogP contribution in [0.3, 0.4) is 0 Å². The van der Waals surface area contributed by atoms with Gasteiger partial charge in [0.1, 0.15) is 12.1 Å². The zero-order valence-electron chi connectivity index (χ0n) is 31.1. The summed E-state index contributed by atoms with van der Waals surface area (Å²) in [5, 5.41) is 21.5. The normalized spacial score (nSPS) is 14.0. The lowest BCUT2D eigenvalue weighted by Gasteiger charge is -2.35. The molecular formula is C38H52N6O8. The van der Waals surface area contributed by atoms with Crippen molar-refractivity contribution >= 4 is 24.0 Å². The average molecular weight is 721 g/mol. The van der Waals surface area contributed by atoms with Crippen LogP contribution >= 0.6 is 0 Å². The number of benzene rings is 2. The number of aliphatic hydroxyl groups excluding tert-OH is 1. The van der Waals surface area contributed by atoms with Gasteiger partial charge < -0.3 is 35.5 Å². The Bertz CT molecular complexity index is 1700. The van der Waals surface area contributed by atoms with E-state index in [9.17, 15) is 29.1 Å². The molecule has 1 heterocycles. The van der Waals surface area contributed by atoms with Crippen molar-refractivity contribution in [2.45, 2.75) is 78.7 Å². The van der Waals surface area contributed by atoms with Gasteiger partial charge in [-0.05, 0) is 33.9 Å². The molecule has 6 N–H and O–H groups in total. The molecule has 4 amide bonds. The van der Waals surface area contributed by atoms with Gasteiger partial charge in [-0.25, -0.2) is 14.6 Å². The van der Waals surface area contributed by atoms with Crippen LogP contribution in [0, 0.1) is 10.8 Å². The Balaban J connectivity index is 1.97. The minimum Gasteiger partial charge on any atom is -0.453 e. The Kier molecular flexibility index (Phi) is 14.5. The molecule has 4 atom stereocenters. The monoisotopic (exact) mass is 720 g/mol. The van der Waals surface area contributed by atoms with E-state index in [2.05, 4.69) is 26.4 Å². The van der Waals surface area contributed by atoms with Gasteiger partial charge in [-0.3, -0.25) is 19.8 Å². The van der Waals surface area contributed by atoms with Crippen molar-refractivity contribution in [3.63, 3.8) is 0 Å². The number of hydrogen-bond donors (Lipinski definition) is 6. The number of rotatable bonds is 14. The van der Waals surface area contributed by atoms with E-state index >= 15 is 0 Å². The third-order valence-corrected chi connectivity index (χ3v) is 8.33. The minimum absolute atomic E-state index is 0.115. The fraction of sp³-hybridized carbons (Fsp3) is 0.447. The third kappa shape index (κ3) is 12.5. The predicted octanol–water partition coefficient (Wildman–Crippen LogP) is 3.50. The van der Waals surface area contributed by atoms with Gasteiger partial charge in [0.15, 0.2) is 5.43 Å². The van der Waals surface area contributed by atoms with E-state index in [0.717, 1.165) is 16.7 Å². The molecule has 0 radical (unpaired) electrons. The second-order valence-corrected chi connectivity index (χ2v) is 14.7. The van der Waals surface area contributed by atoms with Crippen molar-refractivity contribution in [1.29, 1.82) is 0 Å². The average Bonchev–Trinajstić information content (AvgIpc) is 3.08. The number of alkyl carbamates (subject to hydrolysis) is 2. The predicted molar refractivity (Wildman–Crippen MR) is 197 cm³/mol. The van der Waals surface area contributed by atoms with E-state index in [-0.39, 0.29) is 24.9 Å². The third-order valence-electron chi connectivity index (χ3n) is 8.33. The van der Waals surface area contributed by atoms with Gasteiger partial charge in [-0.1, -0.05) is 96.1 Å². The molecule has 0 fully saturated rings. The summed E-state index contributed by atoms with van der Waals surface area (Å²) in [4.78, 5) is 66.9. The van der Waals surface area contributed by atoms with Gasteiger partial charge in [0.05, 0.1) is 26.4 Å². The van der Waals surface area contributed by atoms with Crippen molar-refractivity contribution in [1.82, 2.24) is 31.4 Å². The van der Waals surface area contributed by atoms with Crippen LogP contribution in [0.15, 0.2) is 77.7 Å². The number of amides is 4. The molecule has 0 unspecified atom stereocenters. The molecule has 0 saturated heterocycles. The summed E-state index contributed by atoms with van der Waals surface area (Å²) in [6, 6.07) is 16.6. The van der Waals surface area contributed by atoms with E-state index in [1.165, 1.54) is 31.4 Å². The summed E-state index contributed by atoms with van der Waals surface area (Å²) < 4.78 is 9.52. The highest BCUT2D eigenvalue weighted by atomic mass is 16.5. The van der Waals surface area contributed by atoms with Gasteiger partial charge >= 0.3 is 12.2 Å². The largest absolute Gasteiger partial charge is 0.453 e. The number of aromatic nitrogens is 1. The van der Waals surface area contributed by atoms with E-state index < -0.39 is 59.1 Å². The Morgan fingerprint density at radius 3 is 1.85 bits per heavy atom. The number of pyridine rings is 1. The van der Waals surface area contributed by atoms with Gasteiger partial charge in [0.2, 0.25) is 5.91 Å². The number of nitrogens with one attached hydrogen (secondary N) is 5. The maximum atomic E-state index is 13.8. The van der Waals surface area contributed by atoms with Gasteiger partial charge in [-0.2, -0.15) is 0 Å². The maximum absolute atomic E-state index is 13.8.